The minimum absolute atomic E-state index is 0.214. The van der Waals surface area contributed by atoms with E-state index >= 15 is 0 Å². The molecule has 2 amide bonds. The van der Waals surface area contributed by atoms with Crippen molar-refractivity contribution in [2.75, 3.05) is 23.7 Å². The van der Waals surface area contributed by atoms with Crippen LogP contribution in [0.4, 0.5) is 5.69 Å². The van der Waals surface area contributed by atoms with Gasteiger partial charge in [0.25, 0.3) is 0 Å². The maximum absolute atomic E-state index is 13.6. The Morgan fingerprint density at radius 3 is 2.12 bits per heavy atom. The predicted molar refractivity (Wildman–Crippen MR) is 133 cm³/mol. The Labute approximate surface area is 197 Å². The molecule has 33 heavy (non-hydrogen) atoms. The highest BCUT2D eigenvalue weighted by atomic mass is 32.2. The summed E-state index contributed by atoms with van der Waals surface area (Å²) < 4.78 is 26.5. The first-order chi connectivity index (χ1) is 15.5. The molecule has 7 nitrogen and oxygen atoms in total. The topological polar surface area (TPSA) is 86.8 Å². The van der Waals surface area contributed by atoms with E-state index in [2.05, 4.69) is 5.32 Å². The van der Waals surface area contributed by atoms with E-state index in [0.717, 1.165) is 32.8 Å². The molecule has 0 unspecified atom stereocenters. The van der Waals surface area contributed by atoms with E-state index in [1.165, 1.54) is 4.90 Å². The van der Waals surface area contributed by atoms with Crippen LogP contribution >= 0.6 is 0 Å². The van der Waals surface area contributed by atoms with Crippen molar-refractivity contribution < 1.29 is 18.0 Å². The standard InChI is InChI=1S/C25H35N3O4S/c1-7-23(25(30)26-8-2)27(16-21-12-10-9-11-20(21)5)24(29)17-28(33(6,31)32)22-14-18(3)13-19(4)15-22/h9-15,23H,7-8,16-17H2,1-6H3,(H,26,30)/t23-/m0/s1. The van der Waals surface area contributed by atoms with Gasteiger partial charge in [-0.1, -0.05) is 37.3 Å². The van der Waals surface area contributed by atoms with Gasteiger partial charge in [0.2, 0.25) is 21.8 Å². The van der Waals surface area contributed by atoms with Crippen molar-refractivity contribution in [3.63, 3.8) is 0 Å². The number of carbonyl (C=O) groups is 2. The van der Waals surface area contributed by atoms with Crippen molar-refractivity contribution in [2.45, 2.75) is 53.6 Å². The Morgan fingerprint density at radius 1 is 1.00 bits per heavy atom. The second-order valence-corrected chi connectivity index (χ2v) is 10.3. The molecule has 0 saturated heterocycles. The highest BCUT2D eigenvalue weighted by Crippen LogP contribution is 2.23. The molecule has 0 aliphatic heterocycles. The molecule has 2 aromatic rings. The maximum Gasteiger partial charge on any atom is 0.244 e. The average molecular weight is 474 g/mol. The van der Waals surface area contributed by atoms with Crippen molar-refractivity contribution in [2.24, 2.45) is 0 Å². The van der Waals surface area contributed by atoms with Gasteiger partial charge in [-0.2, -0.15) is 0 Å². The lowest BCUT2D eigenvalue weighted by atomic mass is 10.1. The molecule has 0 aliphatic rings. The van der Waals surface area contributed by atoms with Gasteiger partial charge in [0.15, 0.2) is 0 Å². The zero-order chi connectivity index (χ0) is 24.8. The Hall–Kier alpha value is -2.87. The minimum atomic E-state index is -3.74. The van der Waals surface area contributed by atoms with Crippen LogP contribution in [-0.4, -0.2) is 50.5 Å². The van der Waals surface area contributed by atoms with Crippen LogP contribution in [0.3, 0.4) is 0 Å². The molecule has 8 heteroatoms. The van der Waals surface area contributed by atoms with Crippen molar-refractivity contribution in [1.82, 2.24) is 10.2 Å². The summed E-state index contributed by atoms with van der Waals surface area (Å²) in [6.45, 7) is 9.65. The molecule has 0 radical (unpaired) electrons. The number of benzene rings is 2. The number of hydrogen-bond donors (Lipinski definition) is 1. The number of nitrogens with one attached hydrogen (secondary N) is 1. The number of anilines is 1. The summed E-state index contributed by atoms with van der Waals surface area (Å²) in [5, 5.41) is 2.80. The summed E-state index contributed by atoms with van der Waals surface area (Å²) >= 11 is 0. The van der Waals surface area contributed by atoms with E-state index in [9.17, 15) is 18.0 Å². The van der Waals surface area contributed by atoms with Crippen LogP contribution in [0.15, 0.2) is 42.5 Å². The molecule has 0 bridgehead atoms. The van der Waals surface area contributed by atoms with Crippen LogP contribution in [0, 0.1) is 20.8 Å². The highest BCUT2D eigenvalue weighted by Gasteiger charge is 2.31. The summed E-state index contributed by atoms with van der Waals surface area (Å²) in [6, 6.07) is 12.4. The fourth-order valence-electron chi connectivity index (χ4n) is 3.89. The summed E-state index contributed by atoms with van der Waals surface area (Å²) in [5.41, 5.74) is 4.14. The lowest BCUT2D eigenvalue weighted by Crippen LogP contribution is -2.52. The lowest BCUT2D eigenvalue weighted by molar-refractivity contribution is -0.140. The molecule has 1 N–H and O–H groups in total. The van der Waals surface area contributed by atoms with Crippen molar-refractivity contribution >= 4 is 27.5 Å². The first-order valence-corrected chi connectivity index (χ1v) is 13.0. The smallest absolute Gasteiger partial charge is 0.244 e. The number of nitrogens with zero attached hydrogens (tertiary/aromatic N) is 2. The van der Waals surface area contributed by atoms with Crippen LogP contribution in [0.1, 0.15) is 42.5 Å². The number of hydrogen-bond acceptors (Lipinski definition) is 4. The van der Waals surface area contributed by atoms with E-state index in [4.69, 9.17) is 0 Å². The quantitative estimate of drug-likeness (QED) is 0.574. The first-order valence-electron chi connectivity index (χ1n) is 11.2. The maximum atomic E-state index is 13.6. The van der Waals surface area contributed by atoms with Gasteiger partial charge < -0.3 is 10.2 Å². The summed E-state index contributed by atoms with van der Waals surface area (Å²) in [5.74, 6) is -0.680. The molecule has 0 saturated carbocycles. The van der Waals surface area contributed by atoms with Crippen molar-refractivity contribution in [3.05, 3.63) is 64.7 Å². The van der Waals surface area contributed by atoms with Gasteiger partial charge >= 0.3 is 0 Å². The lowest BCUT2D eigenvalue weighted by Gasteiger charge is -2.33. The highest BCUT2D eigenvalue weighted by molar-refractivity contribution is 7.92. The molecule has 0 fully saturated rings. The normalized spacial score (nSPS) is 12.2. The van der Waals surface area contributed by atoms with Gasteiger partial charge in [-0.15, -0.1) is 0 Å². The molecule has 0 aromatic heterocycles. The van der Waals surface area contributed by atoms with E-state index in [1.54, 1.807) is 12.1 Å². The summed E-state index contributed by atoms with van der Waals surface area (Å²) in [4.78, 5) is 27.9. The molecule has 2 rings (SSSR count). The molecule has 0 heterocycles. The number of rotatable bonds is 10. The Bertz CT molecular complexity index is 1080. The predicted octanol–water partition coefficient (Wildman–Crippen LogP) is 3.32. The molecule has 0 spiro atoms. The van der Waals surface area contributed by atoms with Crippen LogP contribution in [0.2, 0.25) is 0 Å². The molecule has 1 atom stereocenters. The van der Waals surface area contributed by atoms with Gasteiger partial charge in [-0.25, -0.2) is 8.42 Å². The van der Waals surface area contributed by atoms with Gasteiger partial charge in [0.1, 0.15) is 12.6 Å². The van der Waals surface area contributed by atoms with E-state index in [1.807, 2.05) is 65.0 Å². The number of likely N-dealkylation sites (N-methyl/N-ethyl adjacent to an activating group) is 1. The first kappa shape index (κ1) is 26.4. The van der Waals surface area contributed by atoms with Gasteiger partial charge in [-0.05, 0) is 68.5 Å². The fourth-order valence-corrected chi connectivity index (χ4v) is 4.72. The van der Waals surface area contributed by atoms with Gasteiger partial charge in [0.05, 0.1) is 11.9 Å². The zero-order valence-corrected chi connectivity index (χ0v) is 21.2. The average Bonchev–Trinajstić information content (AvgIpc) is 2.71. The molecular formula is C25H35N3O4S. The van der Waals surface area contributed by atoms with Crippen molar-refractivity contribution in [1.29, 1.82) is 0 Å². The van der Waals surface area contributed by atoms with Gasteiger partial charge in [0, 0.05) is 13.1 Å². The number of carbonyl (C=O) groups excluding carboxylic acids is 2. The fraction of sp³-hybridized carbons (Fsp3) is 0.440. The molecule has 0 aliphatic carbocycles. The van der Waals surface area contributed by atoms with Crippen LogP contribution in [0.5, 0.6) is 0 Å². The van der Waals surface area contributed by atoms with E-state index < -0.39 is 22.0 Å². The van der Waals surface area contributed by atoms with Crippen LogP contribution in [-0.2, 0) is 26.2 Å². The third-order valence-corrected chi connectivity index (χ3v) is 6.65. The van der Waals surface area contributed by atoms with E-state index in [0.29, 0.717) is 18.7 Å². The molecule has 180 valence electrons. The van der Waals surface area contributed by atoms with Crippen LogP contribution in [0.25, 0.3) is 0 Å². The number of aryl methyl sites for hydroxylation is 3. The molecular weight excluding hydrogens is 438 g/mol. The zero-order valence-electron chi connectivity index (χ0n) is 20.4. The second-order valence-electron chi connectivity index (χ2n) is 8.38. The number of sulfonamides is 1. The van der Waals surface area contributed by atoms with Gasteiger partial charge in [-0.3, -0.25) is 13.9 Å². The Morgan fingerprint density at radius 2 is 1.61 bits per heavy atom. The Balaban J connectivity index is 2.48. The molecule has 2 aromatic carbocycles. The van der Waals surface area contributed by atoms with Crippen molar-refractivity contribution in [3.8, 4) is 0 Å². The number of amides is 2. The second kappa shape index (κ2) is 11.3. The summed E-state index contributed by atoms with van der Waals surface area (Å²) in [7, 11) is -3.74. The minimum Gasteiger partial charge on any atom is -0.355 e. The monoisotopic (exact) mass is 473 g/mol. The van der Waals surface area contributed by atoms with Crippen LogP contribution < -0.4 is 9.62 Å². The SMILES string of the molecule is CCNC(=O)[C@H](CC)N(Cc1ccccc1C)C(=O)CN(c1cc(C)cc(C)c1)S(C)(=O)=O. The van der Waals surface area contributed by atoms with E-state index in [-0.39, 0.29) is 19.0 Å². The summed E-state index contributed by atoms with van der Waals surface area (Å²) in [6.07, 6.45) is 1.50. The third kappa shape index (κ3) is 7.05. The largest absolute Gasteiger partial charge is 0.355 e. The Kier molecular flexibility index (Phi) is 9.05. The third-order valence-electron chi connectivity index (χ3n) is 5.51.